The third-order valence-electron chi connectivity index (χ3n) is 3.50. The van der Waals surface area contributed by atoms with Gasteiger partial charge in [0.2, 0.25) is 11.8 Å². The Morgan fingerprint density at radius 1 is 1.38 bits per heavy atom. The Balaban J connectivity index is 2.25. The summed E-state index contributed by atoms with van der Waals surface area (Å²) in [5, 5.41) is 2.76. The van der Waals surface area contributed by atoms with Gasteiger partial charge in [-0.3, -0.25) is 14.6 Å². The molecule has 1 aliphatic rings. The van der Waals surface area contributed by atoms with E-state index in [1.54, 1.807) is 24.2 Å². The van der Waals surface area contributed by atoms with Gasteiger partial charge < -0.3 is 10.2 Å². The molecule has 0 aromatic carbocycles. The Bertz CT molecular complexity index is 547. The van der Waals surface area contributed by atoms with Gasteiger partial charge in [0.1, 0.15) is 12.1 Å². The van der Waals surface area contributed by atoms with Crippen molar-refractivity contribution in [1.82, 2.24) is 15.2 Å². The summed E-state index contributed by atoms with van der Waals surface area (Å²) in [7, 11) is 0. The largest absolute Gasteiger partial charge is 0.343 e. The number of carbonyl (C=O) groups excluding carboxylic acids is 2. The fraction of sp³-hybridized carbons (Fsp3) is 0.533. The summed E-state index contributed by atoms with van der Waals surface area (Å²) in [6, 6.07) is 1.04. The Labute approximate surface area is 133 Å². The third-order valence-corrected chi connectivity index (χ3v) is 3.93. The van der Waals surface area contributed by atoms with Crippen molar-refractivity contribution in [1.29, 1.82) is 0 Å². The number of piperazine rings is 1. The van der Waals surface area contributed by atoms with Gasteiger partial charge in [-0.05, 0) is 46.8 Å². The Kier molecular flexibility index (Phi) is 4.98. The third kappa shape index (κ3) is 3.81. The predicted molar refractivity (Wildman–Crippen MR) is 83.3 cm³/mol. The molecule has 2 unspecified atom stereocenters. The fourth-order valence-corrected chi connectivity index (χ4v) is 2.94. The van der Waals surface area contributed by atoms with Crippen LogP contribution in [0.1, 0.15) is 32.8 Å². The highest BCUT2D eigenvalue weighted by molar-refractivity contribution is 9.10. The summed E-state index contributed by atoms with van der Waals surface area (Å²) in [5.41, 5.74) is 0.911. The van der Waals surface area contributed by atoms with Crippen LogP contribution in [0.25, 0.3) is 0 Å². The van der Waals surface area contributed by atoms with E-state index in [9.17, 15) is 9.59 Å². The number of pyridine rings is 1. The van der Waals surface area contributed by atoms with Crippen molar-refractivity contribution in [2.75, 3.05) is 0 Å². The normalized spacial score (nSPS) is 22.6. The van der Waals surface area contributed by atoms with Gasteiger partial charge in [-0.2, -0.15) is 0 Å². The molecule has 21 heavy (non-hydrogen) atoms. The quantitative estimate of drug-likeness (QED) is 0.901. The minimum absolute atomic E-state index is 0.0415. The van der Waals surface area contributed by atoms with Crippen molar-refractivity contribution in [3.05, 3.63) is 28.5 Å². The maximum Gasteiger partial charge on any atom is 0.245 e. The minimum Gasteiger partial charge on any atom is -0.343 e. The molecule has 2 amide bonds. The maximum absolute atomic E-state index is 12.4. The Hall–Kier alpha value is -1.43. The number of hydrogen-bond donors (Lipinski definition) is 1. The Morgan fingerprint density at radius 3 is 2.71 bits per heavy atom. The van der Waals surface area contributed by atoms with Crippen LogP contribution >= 0.6 is 15.9 Å². The number of nitrogens with zero attached hydrogens (tertiary/aromatic N) is 2. The number of carbonyl (C=O) groups is 2. The molecule has 1 aliphatic heterocycles. The summed E-state index contributed by atoms with van der Waals surface area (Å²) in [6.07, 6.45) is 4.08. The van der Waals surface area contributed by atoms with Crippen LogP contribution in [0, 0.1) is 5.92 Å². The predicted octanol–water partition coefficient (Wildman–Crippen LogP) is 2.11. The highest BCUT2D eigenvalue weighted by Gasteiger charge is 2.38. The maximum atomic E-state index is 12.4. The average molecular weight is 354 g/mol. The molecule has 1 N–H and O–H groups in total. The molecule has 0 saturated carbocycles. The van der Waals surface area contributed by atoms with Crippen molar-refractivity contribution < 1.29 is 9.59 Å². The topological polar surface area (TPSA) is 62.3 Å². The molecule has 1 fully saturated rings. The van der Waals surface area contributed by atoms with Crippen LogP contribution < -0.4 is 5.32 Å². The van der Waals surface area contributed by atoms with E-state index in [0.717, 1.165) is 10.0 Å². The van der Waals surface area contributed by atoms with Gasteiger partial charge in [-0.15, -0.1) is 0 Å². The number of hydrogen-bond acceptors (Lipinski definition) is 3. The molecular weight excluding hydrogens is 334 g/mol. The van der Waals surface area contributed by atoms with Gasteiger partial charge >= 0.3 is 0 Å². The molecule has 0 radical (unpaired) electrons. The Morgan fingerprint density at radius 2 is 2.10 bits per heavy atom. The molecule has 0 bridgehead atoms. The first kappa shape index (κ1) is 15.9. The van der Waals surface area contributed by atoms with Gasteiger partial charge in [0.05, 0.1) is 0 Å². The molecule has 0 spiro atoms. The van der Waals surface area contributed by atoms with E-state index < -0.39 is 12.1 Å². The summed E-state index contributed by atoms with van der Waals surface area (Å²) in [4.78, 5) is 30.4. The number of halogens is 1. The summed E-state index contributed by atoms with van der Waals surface area (Å²) < 4.78 is 0.863. The van der Waals surface area contributed by atoms with Crippen LogP contribution in [0.3, 0.4) is 0 Å². The summed E-state index contributed by atoms with van der Waals surface area (Å²) >= 11 is 3.38. The second kappa shape index (κ2) is 6.56. The lowest BCUT2D eigenvalue weighted by atomic mass is 9.97. The number of aromatic nitrogens is 1. The van der Waals surface area contributed by atoms with Gasteiger partial charge in [-0.1, -0.05) is 13.8 Å². The van der Waals surface area contributed by atoms with Crippen LogP contribution in [0.2, 0.25) is 0 Å². The van der Waals surface area contributed by atoms with E-state index in [4.69, 9.17) is 0 Å². The molecule has 0 aliphatic carbocycles. The summed E-state index contributed by atoms with van der Waals surface area (Å²) in [6.45, 7) is 6.22. The van der Waals surface area contributed by atoms with E-state index in [2.05, 4.69) is 40.1 Å². The number of rotatable bonds is 4. The second-order valence-electron chi connectivity index (χ2n) is 5.85. The van der Waals surface area contributed by atoms with E-state index in [-0.39, 0.29) is 11.8 Å². The molecule has 2 rings (SSSR count). The van der Waals surface area contributed by atoms with Gasteiger partial charge in [0.25, 0.3) is 0 Å². The first-order chi connectivity index (χ1) is 9.88. The molecule has 6 heteroatoms. The van der Waals surface area contributed by atoms with Crippen molar-refractivity contribution in [2.24, 2.45) is 5.92 Å². The molecule has 5 nitrogen and oxygen atoms in total. The first-order valence-corrected chi connectivity index (χ1v) is 7.88. The highest BCUT2D eigenvalue weighted by Crippen LogP contribution is 2.21. The van der Waals surface area contributed by atoms with Crippen LogP contribution in [-0.2, 0) is 16.1 Å². The lowest BCUT2D eigenvalue weighted by molar-refractivity contribution is -0.150. The number of amides is 2. The lowest BCUT2D eigenvalue weighted by Crippen LogP contribution is -2.62. The summed E-state index contributed by atoms with van der Waals surface area (Å²) in [5.74, 6) is 0.226. The zero-order chi connectivity index (χ0) is 15.6. The number of nitrogens with one attached hydrogen (secondary N) is 1. The lowest BCUT2D eigenvalue weighted by Gasteiger charge is -2.38. The van der Waals surface area contributed by atoms with Crippen LogP contribution in [0.15, 0.2) is 22.9 Å². The van der Waals surface area contributed by atoms with Crippen LogP contribution in [0.5, 0.6) is 0 Å². The standard InChI is InChI=1S/C15H20BrN3O2/c1-9(2)4-13-14(20)18-10(3)15(21)19(13)8-11-5-12(16)7-17-6-11/h5-7,9-10,13H,4,8H2,1-3H3,(H,18,20). The smallest absolute Gasteiger partial charge is 0.245 e. The van der Waals surface area contributed by atoms with Crippen LogP contribution in [0.4, 0.5) is 0 Å². The molecule has 114 valence electrons. The fourth-order valence-electron chi connectivity index (χ4n) is 2.52. The zero-order valence-corrected chi connectivity index (χ0v) is 14.1. The van der Waals surface area contributed by atoms with E-state index in [1.807, 2.05) is 6.07 Å². The molecule has 1 aromatic rings. The van der Waals surface area contributed by atoms with E-state index in [0.29, 0.717) is 18.9 Å². The average Bonchev–Trinajstić information content (AvgIpc) is 2.40. The molecule has 1 aromatic heterocycles. The monoisotopic (exact) mass is 353 g/mol. The molecule has 1 saturated heterocycles. The highest BCUT2D eigenvalue weighted by atomic mass is 79.9. The van der Waals surface area contributed by atoms with Crippen molar-refractivity contribution >= 4 is 27.7 Å². The van der Waals surface area contributed by atoms with Crippen molar-refractivity contribution in [3.63, 3.8) is 0 Å². The van der Waals surface area contributed by atoms with Gasteiger partial charge in [0, 0.05) is 23.4 Å². The molecular formula is C15H20BrN3O2. The minimum atomic E-state index is -0.471. The van der Waals surface area contributed by atoms with E-state index in [1.165, 1.54) is 0 Å². The van der Waals surface area contributed by atoms with Crippen molar-refractivity contribution in [3.8, 4) is 0 Å². The van der Waals surface area contributed by atoms with Gasteiger partial charge in [-0.25, -0.2) is 0 Å². The van der Waals surface area contributed by atoms with Crippen LogP contribution in [-0.4, -0.2) is 33.8 Å². The first-order valence-electron chi connectivity index (χ1n) is 7.08. The van der Waals surface area contributed by atoms with E-state index >= 15 is 0 Å². The van der Waals surface area contributed by atoms with Gasteiger partial charge in [0.15, 0.2) is 0 Å². The molecule has 2 heterocycles. The SMILES string of the molecule is CC(C)CC1C(=O)NC(C)C(=O)N1Cc1cncc(Br)c1. The molecule has 2 atom stereocenters. The zero-order valence-electron chi connectivity index (χ0n) is 12.5. The second-order valence-corrected chi connectivity index (χ2v) is 6.77. The van der Waals surface area contributed by atoms with Crippen molar-refractivity contribution in [2.45, 2.75) is 45.8 Å².